The van der Waals surface area contributed by atoms with Crippen molar-refractivity contribution in [2.45, 2.75) is 52.0 Å². The van der Waals surface area contributed by atoms with Gasteiger partial charge in [0.25, 0.3) is 0 Å². The second-order valence-corrected chi connectivity index (χ2v) is 7.83. The highest BCUT2D eigenvalue weighted by Gasteiger charge is 2.33. The first-order chi connectivity index (χ1) is 14.0. The first-order valence-electron chi connectivity index (χ1n) is 10.3. The summed E-state index contributed by atoms with van der Waals surface area (Å²) >= 11 is 0. The number of esters is 1. The molecule has 3 heterocycles. The smallest absolute Gasteiger partial charge is 0.360 e. The van der Waals surface area contributed by atoms with Gasteiger partial charge in [0.2, 0.25) is 5.91 Å². The maximum absolute atomic E-state index is 13.3. The molecule has 2 aliphatic heterocycles. The van der Waals surface area contributed by atoms with Crippen molar-refractivity contribution in [1.82, 2.24) is 4.90 Å². The number of hydrogen-bond acceptors (Lipinski definition) is 6. The number of anilines is 1. The number of ether oxygens (including phenoxy) is 1. The largest absolute Gasteiger partial charge is 0.427 e. The van der Waals surface area contributed by atoms with Crippen molar-refractivity contribution in [3.05, 3.63) is 34.2 Å². The van der Waals surface area contributed by atoms with E-state index in [0.29, 0.717) is 35.4 Å². The van der Waals surface area contributed by atoms with Gasteiger partial charge in [-0.25, -0.2) is 4.79 Å². The number of amides is 1. The zero-order valence-electron chi connectivity index (χ0n) is 16.9. The summed E-state index contributed by atoms with van der Waals surface area (Å²) in [4.78, 5) is 41.2. The van der Waals surface area contributed by atoms with E-state index in [1.165, 1.54) is 13.3 Å². The molecule has 0 N–H and O–H groups in total. The van der Waals surface area contributed by atoms with Crippen molar-refractivity contribution in [3.63, 3.8) is 0 Å². The third kappa shape index (κ3) is 3.79. The first kappa shape index (κ1) is 19.6. The van der Waals surface area contributed by atoms with Crippen LogP contribution in [-0.4, -0.2) is 42.5 Å². The molecule has 0 radical (unpaired) electrons. The number of hydrogen-bond donors (Lipinski definition) is 0. The van der Waals surface area contributed by atoms with Gasteiger partial charge in [0.05, 0.1) is 6.04 Å². The van der Waals surface area contributed by atoms with E-state index in [1.807, 2.05) is 6.92 Å². The second-order valence-electron chi connectivity index (χ2n) is 7.83. The van der Waals surface area contributed by atoms with E-state index < -0.39 is 11.6 Å². The Morgan fingerprint density at radius 1 is 1.10 bits per heavy atom. The Morgan fingerprint density at radius 3 is 2.59 bits per heavy atom. The quantitative estimate of drug-likeness (QED) is 0.449. The summed E-state index contributed by atoms with van der Waals surface area (Å²) in [5.74, 6) is -0.0791. The van der Waals surface area contributed by atoms with Crippen LogP contribution in [0.2, 0.25) is 0 Å². The minimum absolute atomic E-state index is 0.0596. The van der Waals surface area contributed by atoms with Crippen LogP contribution in [0.1, 0.15) is 45.1 Å². The van der Waals surface area contributed by atoms with Crippen LogP contribution in [0.15, 0.2) is 27.4 Å². The molecule has 7 heteroatoms. The lowest BCUT2D eigenvalue weighted by molar-refractivity contribution is -0.131. The van der Waals surface area contributed by atoms with Gasteiger partial charge in [0.1, 0.15) is 17.0 Å². The number of likely N-dealkylation sites (tertiary alicyclic amines) is 1. The normalized spacial score (nSPS) is 18.3. The molecule has 1 aromatic heterocycles. The zero-order chi connectivity index (χ0) is 20.5. The van der Waals surface area contributed by atoms with Crippen LogP contribution in [0, 0.1) is 0 Å². The molecule has 7 nitrogen and oxygen atoms in total. The standard InChI is InChI=1S/C22H26N2O5/c1-14(23-10-4-3-5-11-23)21(26)24-12-6-7-17-18-13-16(28-15(2)25)8-9-19(18)29-22(27)20(17)24/h8-9,13-14H,3-7,10-12H2,1-2H3. The average molecular weight is 398 g/mol. The molecule has 2 aliphatic rings. The van der Waals surface area contributed by atoms with Crippen LogP contribution in [-0.2, 0) is 16.0 Å². The molecule has 1 unspecified atom stereocenters. The molecule has 1 fully saturated rings. The Bertz CT molecular complexity index is 1010. The molecule has 0 saturated carbocycles. The molecule has 2 aromatic rings. The van der Waals surface area contributed by atoms with Gasteiger partial charge < -0.3 is 14.1 Å². The lowest BCUT2D eigenvalue weighted by Gasteiger charge is -2.36. The number of rotatable bonds is 3. The molecule has 1 atom stereocenters. The first-order valence-corrected chi connectivity index (χ1v) is 10.3. The van der Waals surface area contributed by atoms with E-state index in [-0.39, 0.29) is 11.9 Å². The minimum Gasteiger partial charge on any atom is -0.427 e. The fraction of sp³-hybridized carbons (Fsp3) is 0.500. The summed E-state index contributed by atoms with van der Waals surface area (Å²) in [5.41, 5.74) is 1.06. The lowest BCUT2D eigenvalue weighted by Crippen LogP contribution is -2.51. The highest BCUT2D eigenvalue weighted by molar-refractivity contribution is 6.00. The van der Waals surface area contributed by atoms with Gasteiger partial charge in [-0.05, 0) is 69.5 Å². The number of nitrogens with zero attached hydrogens (tertiary/aromatic N) is 2. The van der Waals surface area contributed by atoms with E-state index in [4.69, 9.17) is 9.15 Å². The number of benzene rings is 1. The van der Waals surface area contributed by atoms with Gasteiger partial charge in [0.15, 0.2) is 0 Å². The van der Waals surface area contributed by atoms with Crippen molar-refractivity contribution in [3.8, 4) is 5.75 Å². The van der Waals surface area contributed by atoms with E-state index >= 15 is 0 Å². The molecule has 0 aliphatic carbocycles. The van der Waals surface area contributed by atoms with Gasteiger partial charge in [0, 0.05) is 18.9 Å². The highest BCUT2D eigenvalue weighted by Crippen LogP contribution is 2.33. The van der Waals surface area contributed by atoms with Crippen molar-refractivity contribution < 1.29 is 18.7 Å². The minimum atomic E-state index is -0.494. The third-order valence-corrected chi connectivity index (χ3v) is 5.86. The molecule has 29 heavy (non-hydrogen) atoms. The SMILES string of the molecule is CC(=O)Oc1ccc2oc(=O)c3c(c2c1)CCCN3C(=O)C(C)N1CCCCC1. The van der Waals surface area contributed by atoms with Crippen LogP contribution in [0.5, 0.6) is 5.75 Å². The van der Waals surface area contributed by atoms with Crippen molar-refractivity contribution in [1.29, 1.82) is 0 Å². The molecule has 154 valence electrons. The van der Waals surface area contributed by atoms with Crippen LogP contribution < -0.4 is 15.3 Å². The van der Waals surface area contributed by atoms with Crippen LogP contribution in [0.4, 0.5) is 5.69 Å². The maximum atomic E-state index is 13.3. The molecule has 1 saturated heterocycles. The molecular weight excluding hydrogens is 372 g/mol. The zero-order valence-corrected chi connectivity index (χ0v) is 16.9. The number of aryl methyl sites for hydroxylation is 1. The summed E-state index contributed by atoms with van der Waals surface area (Å²) in [6.45, 7) is 5.58. The van der Waals surface area contributed by atoms with Crippen LogP contribution in [0.25, 0.3) is 11.0 Å². The summed E-state index contributed by atoms with van der Waals surface area (Å²) in [6, 6.07) is 4.67. The fourth-order valence-corrected chi connectivity index (χ4v) is 4.42. The van der Waals surface area contributed by atoms with Crippen molar-refractivity contribution in [2.75, 3.05) is 24.5 Å². The Kier molecular flexibility index (Phi) is 5.41. The highest BCUT2D eigenvalue weighted by atomic mass is 16.5. The third-order valence-electron chi connectivity index (χ3n) is 5.86. The van der Waals surface area contributed by atoms with Gasteiger partial charge in [-0.2, -0.15) is 0 Å². The van der Waals surface area contributed by atoms with Crippen LogP contribution in [0.3, 0.4) is 0 Å². The monoisotopic (exact) mass is 398 g/mol. The van der Waals surface area contributed by atoms with Crippen molar-refractivity contribution in [2.24, 2.45) is 0 Å². The van der Waals surface area contributed by atoms with Gasteiger partial charge >= 0.3 is 11.6 Å². The average Bonchev–Trinajstić information content (AvgIpc) is 2.73. The van der Waals surface area contributed by atoms with E-state index in [2.05, 4.69) is 4.90 Å². The summed E-state index contributed by atoms with van der Waals surface area (Å²) < 4.78 is 10.7. The lowest BCUT2D eigenvalue weighted by atomic mass is 9.98. The number of fused-ring (bicyclic) bond motifs is 3. The summed E-state index contributed by atoms with van der Waals surface area (Å²) in [6.07, 6.45) is 4.83. The summed E-state index contributed by atoms with van der Waals surface area (Å²) in [5, 5.41) is 0.710. The molecule has 1 aromatic carbocycles. The van der Waals surface area contributed by atoms with Gasteiger partial charge in [-0.1, -0.05) is 6.42 Å². The van der Waals surface area contributed by atoms with Crippen LogP contribution >= 0.6 is 0 Å². The number of carbonyl (C=O) groups excluding carboxylic acids is 2. The van der Waals surface area contributed by atoms with Crippen molar-refractivity contribution >= 4 is 28.5 Å². The molecule has 0 spiro atoms. The van der Waals surface area contributed by atoms with Gasteiger partial charge in [-0.15, -0.1) is 0 Å². The van der Waals surface area contributed by atoms with E-state index in [1.54, 1.807) is 23.1 Å². The Morgan fingerprint density at radius 2 is 1.86 bits per heavy atom. The Labute approximate surface area is 169 Å². The topological polar surface area (TPSA) is 80.1 Å². The number of piperidine rings is 1. The predicted octanol–water partition coefficient (Wildman–Crippen LogP) is 2.87. The van der Waals surface area contributed by atoms with Gasteiger partial charge in [-0.3, -0.25) is 14.5 Å². The van der Waals surface area contributed by atoms with E-state index in [9.17, 15) is 14.4 Å². The maximum Gasteiger partial charge on any atom is 0.360 e. The molecular formula is C22H26N2O5. The summed E-state index contributed by atoms with van der Waals surface area (Å²) in [7, 11) is 0. The predicted molar refractivity (Wildman–Crippen MR) is 109 cm³/mol. The molecule has 4 rings (SSSR count). The fourth-order valence-electron chi connectivity index (χ4n) is 4.42. The molecule has 1 amide bonds. The van der Waals surface area contributed by atoms with E-state index in [0.717, 1.165) is 37.9 Å². The Balaban J connectivity index is 1.74. The number of carbonyl (C=O) groups is 2. The second kappa shape index (κ2) is 7.99. The Hall–Kier alpha value is -2.67. The molecule has 0 bridgehead atoms.